The summed E-state index contributed by atoms with van der Waals surface area (Å²) in [6, 6.07) is 7.69. The van der Waals surface area contributed by atoms with Crippen molar-refractivity contribution in [2.75, 3.05) is 39.4 Å². The first-order chi connectivity index (χ1) is 8.88. The number of carbonyl (C=O) groups is 1. The highest BCUT2D eigenvalue weighted by Gasteiger charge is 2.08. The van der Waals surface area contributed by atoms with E-state index < -0.39 is 0 Å². The second-order valence-corrected chi connectivity index (χ2v) is 4.49. The molecule has 1 aliphatic heterocycles. The summed E-state index contributed by atoms with van der Waals surface area (Å²) in [5.74, 6) is 0. The summed E-state index contributed by atoms with van der Waals surface area (Å²) in [6.07, 6.45) is 0.871. The molecule has 0 unspecified atom stereocenters. The maximum atomic E-state index is 10.5. The van der Waals surface area contributed by atoms with Crippen molar-refractivity contribution < 1.29 is 9.53 Å². The average molecular weight is 248 g/mol. The summed E-state index contributed by atoms with van der Waals surface area (Å²) >= 11 is 0. The summed E-state index contributed by atoms with van der Waals surface area (Å²) in [5, 5.41) is 3.42. The number of nitrogens with one attached hydrogen (secondary N) is 1. The van der Waals surface area contributed by atoms with Crippen LogP contribution in [0.25, 0.3) is 0 Å². The van der Waals surface area contributed by atoms with E-state index in [-0.39, 0.29) is 0 Å². The van der Waals surface area contributed by atoms with Crippen LogP contribution in [0.1, 0.15) is 15.9 Å². The van der Waals surface area contributed by atoms with E-state index in [1.165, 1.54) is 5.56 Å². The molecule has 4 nitrogen and oxygen atoms in total. The van der Waals surface area contributed by atoms with E-state index in [9.17, 15) is 4.79 Å². The second-order valence-electron chi connectivity index (χ2n) is 4.49. The van der Waals surface area contributed by atoms with Gasteiger partial charge in [-0.3, -0.25) is 9.69 Å². The Balaban J connectivity index is 1.63. The molecule has 0 amide bonds. The zero-order chi connectivity index (χ0) is 12.6. The maximum absolute atomic E-state index is 10.5. The fourth-order valence-electron chi connectivity index (χ4n) is 2.01. The van der Waals surface area contributed by atoms with Gasteiger partial charge in [0, 0.05) is 38.3 Å². The third kappa shape index (κ3) is 4.22. The molecule has 1 N–H and O–H groups in total. The van der Waals surface area contributed by atoms with Crippen molar-refractivity contribution in [3.8, 4) is 0 Å². The normalized spacial score (nSPS) is 16.7. The topological polar surface area (TPSA) is 41.6 Å². The predicted molar refractivity (Wildman–Crippen MR) is 70.8 cm³/mol. The molecule has 0 saturated carbocycles. The Morgan fingerprint density at radius 1 is 1.22 bits per heavy atom. The van der Waals surface area contributed by atoms with Crippen LogP contribution in [0.2, 0.25) is 0 Å². The third-order valence-corrected chi connectivity index (χ3v) is 3.15. The highest BCUT2D eigenvalue weighted by atomic mass is 16.5. The maximum Gasteiger partial charge on any atom is 0.150 e. The van der Waals surface area contributed by atoms with Crippen molar-refractivity contribution in [2.24, 2.45) is 0 Å². The molecule has 0 atom stereocenters. The first kappa shape index (κ1) is 13.2. The molecule has 1 aromatic carbocycles. The Bertz CT molecular complexity index is 359. The van der Waals surface area contributed by atoms with Crippen LogP contribution < -0.4 is 5.32 Å². The predicted octanol–water partition coefficient (Wildman–Crippen LogP) is 0.921. The standard InChI is InChI=1S/C14H20N2O2/c17-12-14-3-1-13(2-4-14)11-15-5-6-16-7-9-18-10-8-16/h1-4,12,15H,5-11H2. The van der Waals surface area contributed by atoms with Gasteiger partial charge in [-0.2, -0.15) is 0 Å². The largest absolute Gasteiger partial charge is 0.379 e. The first-order valence-electron chi connectivity index (χ1n) is 6.43. The molecule has 0 radical (unpaired) electrons. The molecule has 1 saturated heterocycles. The average Bonchev–Trinajstić information content (AvgIpc) is 2.45. The van der Waals surface area contributed by atoms with Gasteiger partial charge in [0.05, 0.1) is 13.2 Å². The van der Waals surface area contributed by atoms with Gasteiger partial charge in [0.2, 0.25) is 0 Å². The molecule has 0 aliphatic carbocycles. The lowest BCUT2D eigenvalue weighted by molar-refractivity contribution is 0.0384. The summed E-state index contributed by atoms with van der Waals surface area (Å²) in [5.41, 5.74) is 1.94. The summed E-state index contributed by atoms with van der Waals surface area (Å²) in [4.78, 5) is 12.9. The van der Waals surface area contributed by atoms with Crippen molar-refractivity contribution in [2.45, 2.75) is 6.54 Å². The minimum absolute atomic E-state index is 0.729. The Morgan fingerprint density at radius 2 is 1.94 bits per heavy atom. The molecule has 0 bridgehead atoms. The van der Waals surface area contributed by atoms with Crippen LogP contribution >= 0.6 is 0 Å². The van der Waals surface area contributed by atoms with Crippen molar-refractivity contribution in [3.05, 3.63) is 35.4 Å². The van der Waals surface area contributed by atoms with E-state index in [1.54, 1.807) is 0 Å². The van der Waals surface area contributed by atoms with Gasteiger partial charge in [-0.25, -0.2) is 0 Å². The number of carbonyl (C=O) groups excluding carboxylic acids is 1. The van der Waals surface area contributed by atoms with E-state index >= 15 is 0 Å². The van der Waals surface area contributed by atoms with E-state index in [1.807, 2.05) is 24.3 Å². The minimum atomic E-state index is 0.729. The molecule has 2 rings (SSSR count). The molecule has 4 heteroatoms. The molecule has 18 heavy (non-hydrogen) atoms. The molecule has 98 valence electrons. The number of rotatable bonds is 6. The van der Waals surface area contributed by atoms with Gasteiger partial charge in [-0.05, 0) is 5.56 Å². The number of nitrogens with zero attached hydrogens (tertiary/aromatic N) is 1. The van der Waals surface area contributed by atoms with E-state index in [4.69, 9.17) is 4.74 Å². The molecular weight excluding hydrogens is 228 g/mol. The second kappa shape index (κ2) is 7.26. The lowest BCUT2D eigenvalue weighted by atomic mass is 10.1. The summed E-state index contributed by atoms with van der Waals surface area (Å²) in [6.45, 7) is 6.68. The van der Waals surface area contributed by atoms with E-state index in [0.717, 1.165) is 57.8 Å². The minimum Gasteiger partial charge on any atom is -0.379 e. The zero-order valence-electron chi connectivity index (χ0n) is 10.6. The molecule has 1 aromatic rings. The molecule has 1 heterocycles. The van der Waals surface area contributed by atoms with Gasteiger partial charge in [0.15, 0.2) is 0 Å². The van der Waals surface area contributed by atoms with Crippen LogP contribution in [0.5, 0.6) is 0 Å². The van der Waals surface area contributed by atoms with Gasteiger partial charge >= 0.3 is 0 Å². The number of ether oxygens (including phenoxy) is 1. The SMILES string of the molecule is O=Cc1ccc(CNCCN2CCOCC2)cc1. The van der Waals surface area contributed by atoms with E-state index in [2.05, 4.69) is 10.2 Å². The van der Waals surface area contributed by atoms with Crippen molar-refractivity contribution in [3.63, 3.8) is 0 Å². The van der Waals surface area contributed by atoms with Gasteiger partial charge in [-0.1, -0.05) is 24.3 Å². The summed E-state index contributed by atoms with van der Waals surface area (Å²) in [7, 11) is 0. The quantitative estimate of drug-likeness (QED) is 0.600. The lowest BCUT2D eigenvalue weighted by Gasteiger charge is -2.26. The monoisotopic (exact) mass is 248 g/mol. The van der Waals surface area contributed by atoms with Crippen LogP contribution in [0.15, 0.2) is 24.3 Å². The van der Waals surface area contributed by atoms with Gasteiger partial charge in [0.1, 0.15) is 6.29 Å². The first-order valence-corrected chi connectivity index (χ1v) is 6.43. The van der Waals surface area contributed by atoms with Crippen LogP contribution in [0.3, 0.4) is 0 Å². The Hall–Kier alpha value is -1.23. The smallest absolute Gasteiger partial charge is 0.150 e. The number of hydrogen-bond acceptors (Lipinski definition) is 4. The fraction of sp³-hybridized carbons (Fsp3) is 0.500. The van der Waals surface area contributed by atoms with Crippen LogP contribution in [0, 0.1) is 0 Å². The molecule has 1 fully saturated rings. The van der Waals surface area contributed by atoms with Crippen LogP contribution in [-0.2, 0) is 11.3 Å². The Morgan fingerprint density at radius 3 is 2.61 bits per heavy atom. The molecule has 0 spiro atoms. The number of aldehydes is 1. The highest BCUT2D eigenvalue weighted by Crippen LogP contribution is 2.02. The van der Waals surface area contributed by atoms with Crippen LogP contribution in [0.4, 0.5) is 0 Å². The number of benzene rings is 1. The van der Waals surface area contributed by atoms with Gasteiger partial charge in [-0.15, -0.1) is 0 Å². The van der Waals surface area contributed by atoms with Gasteiger partial charge < -0.3 is 10.1 Å². The summed E-state index contributed by atoms with van der Waals surface area (Å²) < 4.78 is 5.31. The zero-order valence-corrected chi connectivity index (χ0v) is 10.6. The highest BCUT2D eigenvalue weighted by molar-refractivity contribution is 5.74. The van der Waals surface area contributed by atoms with Gasteiger partial charge in [0.25, 0.3) is 0 Å². The fourth-order valence-corrected chi connectivity index (χ4v) is 2.01. The van der Waals surface area contributed by atoms with Crippen molar-refractivity contribution >= 4 is 6.29 Å². The number of hydrogen-bond donors (Lipinski definition) is 1. The third-order valence-electron chi connectivity index (χ3n) is 3.15. The molecule has 0 aromatic heterocycles. The Labute approximate surface area is 108 Å². The van der Waals surface area contributed by atoms with Crippen molar-refractivity contribution in [1.29, 1.82) is 0 Å². The van der Waals surface area contributed by atoms with Crippen LogP contribution in [-0.4, -0.2) is 50.6 Å². The number of morpholine rings is 1. The van der Waals surface area contributed by atoms with Crippen molar-refractivity contribution in [1.82, 2.24) is 10.2 Å². The lowest BCUT2D eigenvalue weighted by Crippen LogP contribution is -2.40. The van der Waals surface area contributed by atoms with E-state index in [0.29, 0.717) is 0 Å². The molecular formula is C14H20N2O2. The molecule has 1 aliphatic rings. The Kier molecular flexibility index (Phi) is 5.33.